The fraction of sp³-hybridized carbons (Fsp3) is 0.462. The molecule has 0 saturated heterocycles. The second-order valence-electron chi connectivity index (χ2n) is 4.17. The van der Waals surface area contributed by atoms with Crippen LogP contribution in [0.5, 0.6) is 5.75 Å². The van der Waals surface area contributed by atoms with Gasteiger partial charge in [0.15, 0.2) is 0 Å². The maximum absolute atomic E-state index is 12.6. The van der Waals surface area contributed by atoms with Crippen LogP contribution in [-0.4, -0.2) is 44.0 Å². The van der Waals surface area contributed by atoms with Crippen LogP contribution in [0.25, 0.3) is 0 Å². The molecular formula is C13H19NO5S. The standard InChI is InChI=1S/C13H19NO5S/c1-4-8-14(5-2)20(17,18)12-9-10(13(15)16)6-7-11(12)19-3/h6-7,9H,4-5,8H2,1-3H3,(H,15,16). The van der Waals surface area contributed by atoms with E-state index in [1.54, 1.807) is 6.92 Å². The van der Waals surface area contributed by atoms with Gasteiger partial charge >= 0.3 is 5.97 Å². The molecule has 20 heavy (non-hydrogen) atoms. The Morgan fingerprint density at radius 1 is 1.35 bits per heavy atom. The van der Waals surface area contributed by atoms with Gasteiger partial charge in [-0.3, -0.25) is 0 Å². The average Bonchev–Trinajstić information content (AvgIpc) is 2.43. The summed E-state index contributed by atoms with van der Waals surface area (Å²) in [5, 5.41) is 8.99. The zero-order valence-electron chi connectivity index (χ0n) is 11.8. The maximum Gasteiger partial charge on any atom is 0.335 e. The van der Waals surface area contributed by atoms with Crippen LogP contribution in [-0.2, 0) is 10.0 Å². The second-order valence-corrected chi connectivity index (χ2v) is 6.07. The van der Waals surface area contributed by atoms with E-state index in [-0.39, 0.29) is 16.2 Å². The average molecular weight is 301 g/mol. The molecule has 0 fully saturated rings. The van der Waals surface area contributed by atoms with Gasteiger partial charge in [0.05, 0.1) is 12.7 Å². The highest BCUT2D eigenvalue weighted by atomic mass is 32.2. The predicted molar refractivity (Wildman–Crippen MR) is 74.7 cm³/mol. The SMILES string of the molecule is CCCN(CC)S(=O)(=O)c1cc(C(=O)O)ccc1OC. The van der Waals surface area contributed by atoms with Crippen molar-refractivity contribution in [2.24, 2.45) is 0 Å². The van der Waals surface area contributed by atoms with E-state index in [2.05, 4.69) is 0 Å². The first-order valence-corrected chi connectivity index (χ1v) is 7.73. The Labute approximate surface area is 119 Å². The smallest absolute Gasteiger partial charge is 0.335 e. The molecule has 0 aromatic heterocycles. The number of ether oxygens (including phenoxy) is 1. The first kappa shape index (κ1) is 16.5. The summed E-state index contributed by atoms with van der Waals surface area (Å²) in [6.45, 7) is 4.31. The van der Waals surface area contributed by atoms with E-state index in [1.165, 1.54) is 23.5 Å². The first-order chi connectivity index (χ1) is 9.38. The number of nitrogens with zero attached hydrogens (tertiary/aromatic N) is 1. The summed E-state index contributed by atoms with van der Waals surface area (Å²) in [5.74, 6) is -1.04. The highest BCUT2D eigenvalue weighted by molar-refractivity contribution is 7.89. The van der Waals surface area contributed by atoms with Gasteiger partial charge in [0.2, 0.25) is 10.0 Å². The van der Waals surface area contributed by atoms with Crippen molar-refractivity contribution in [3.8, 4) is 5.75 Å². The largest absolute Gasteiger partial charge is 0.495 e. The molecule has 0 spiro atoms. The molecule has 0 heterocycles. The number of methoxy groups -OCH3 is 1. The van der Waals surface area contributed by atoms with E-state index in [0.717, 1.165) is 6.07 Å². The summed E-state index contributed by atoms with van der Waals surface area (Å²) in [7, 11) is -2.41. The summed E-state index contributed by atoms with van der Waals surface area (Å²) >= 11 is 0. The number of benzene rings is 1. The van der Waals surface area contributed by atoms with Gasteiger partial charge in [-0.05, 0) is 24.6 Å². The van der Waals surface area contributed by atoms with Crippen LogP contribution >= 0.6 is 0 Å². The lowest BCUT2D eigenvalue weighted by Gasteiger charge is -2.21. The number of hydrogen-bond acceptors (Lipinski definition) is 4. The van der Waals surface area contributed by atoms with E-state index >= 15 is 0 Å². The predicted octanol–water partition coefficient (Wildman–Crippen LogP) is 1.81. The van der Waals surface area contributed by atoms with Crippen LogP contribution in [0, 0.1) is 0 Å². The Morgan fingerprint density at radius 3 is 2.45 bits per heavy atom. The number of aromatic carboxylic acids is 1. The molecule has 0 aliphatic carbocycles. The topological polar surface area (TPSA) is 83.9 Å². The van der Waals surface area contributed by atoms with Crippen LogP contribution in [0.15, 0.2) is 23.1 Å². The highest BCUT2D eigenvalue weighted by Gasteiger charge is 2.27. The van der Waals surface area contributed by atoms with Gasteiger partial charge < -0.3 is 9.84 Å². The maximum atomic E-state index is 12.6. The molecule has 0 aliphatic heterocycles. The van der Waals surface area contributed by atoms with Gasteiger partial charge in [-0.2, -0.15) is 4.31 Å². The van der Waals surface area contributed by atoms with E-state index < -0.39 is 16.0 Å². The Kier molecular flexibility index (Phi) is 5.52. The van der Waals surface area contributed by atoms with Gasteiger partial charge in [-0.15, -0.1) is 0 Å². The van der Waals surface area contributed by atoms with Gasteiger partial charge in [-0.25, -0.2) is 13.2 Å². The number of rotatable bonds is 7. The number of hydrogen-bond donors (Lipinski definition) is 1. The van der Waals surface area contributed by atoms with Gasteiger partial charge in [0.25, 0.3) is 0 Å². The van der Waals surface area contributed by atoms with Crippen molar-refractivity contribution in [3.05, 3.63) is 23.8 Å². The van der Waals surface area contributed by atoms with E-state index in [4.69, 9.17) is 9.84 Å². The lowest BCUT2D eigenvalue weighted by Crippen LogP contribution is -2.32. The fourth-order valence-corrected chi connectivity index (χ4v) is 3.57. The van der Waals surface area contributed by atoms with Crippen molar-refractivity contribution in [3.63, 3.8) is 0 Å². The third-order valence-corrected chi connectivity index (χ3v) is 4.85. The molecule has 0 saturated carbocycles. The minimum absolute atomic E-state index is 0.0862. The van der Waals surface area contributed by atoms with Crippen LogP contribution in [0.2, 0.25) is 0 Å². The number of carboxylic acid groups (broad SMARTS) is 1. The third-order valence-electron chi connectivity index (χ3n) is 2.85. The van der Waals surface area contributed by atoms with Crippen LogP contribution < -0.4 is 4.74 Å². The van der Waals surface area contributed by atoms with Crippen molar-refractivity contribution in [2.75, 3.05) is 20.2 Å². The molecule has 7 heteroatoms. The van der Waals surface area contributed by atoms with Crippen LogP contribution in [0.3, 0.4) is 0 Å². The van der Waals surface area contributed by atoms with Crippen molar-refractivity contribution in [1.82, 2.24) is 4.31 Å². The molecule has 6 nitrogen and oxygen atoms in total. The summed E-state index contributed by atoms with van der Waals surface area (Å²) in [6, 6.07) is 3.81. The van der Waals surface area contributed by atoms with Crippen molar-refractivity contribution < 1.29 is 23.1 Å². The monoisotopic (exact) mass is 301 g/mol. The molecule has 1 aromatic rings. The molecule has 1 rings (SSSR count). The first-order valence-electron chi connectivity index (χ1n) is 6.29. The summed E-state index contributed by atoms with van der Waals surface area (Å²) in [6.07, 6.45) is 0.675. The quantitative estimate of drug-likeness (QED) is 0.830. The Bertz CT molecular complexity index is 582. The van der Waals surface area contributed by atoms with Crippen molar-refractivity contribution >= 4 is 16.0 Å². The van der Waals surface area contributed by atoms with E-state index in [9.17, 15) is 13.2 Å². The minimum atomic E-state index is -3.77. The van der Waals surface area contributed by atoms with Crippen LogP contribution in [0.1, 0.15) is 30.6 Å². The van der Waals surface area contributed by atoms with Gasteiger partial charge in [0, 0.05) is 13.1 Å². The summed E-state index contributed by atoms with van der Waals surface area (Å²) < 4.78 is 31.5. The van der Waals surface area contributed by atoms with Crippen molar-refractivity contribution in [2.45, 2.75) is 25.2 Å². The summed E-state index contributed by atoms with van der Waals surface area (Å²) in [4.78, 5) is 10.9. The Morgan fingerprint density at radius 2 is 2.00 bits per heavy atom. The minimum Gasteiger partial charge on any atom is -0.495 e. The fourth-order valence-electron chi connectivity index (χ4n) is 1.85. The Hall–Kier alpha value is -1.60. The van der Waals surface area contributed by atoms with Gasteiger partial charge in [-0.1, -0.05) is 13.8 Å². The zero-order valence-corrected chi connectivity index (χ0v) is 12.6. The van der Waals surface area contributed by atoms with Gasteiger partial charge in [0.1, 0.15) is 10.6 Å². The van der Waals surface area contributed by atoms with E-state index in [1.807, 2.05) is 6.92 Å². The van der Waals surface area contributed by atoms with Crippen molar-refractivity contribution in [1.29, 1.82) is 0 Å². The zero-order chi connectivity index (χ0) is 15.3. The number of sulfonamides is 1. The lowest BCUT2D eigenvalue weighted by atomic mass is 10.2. The highest BCUT2D eigenvalue weighted by Crippen LogP contribution is 2.28. The number of carbonyl (C=O) groups is 1. The number of carboxylic acids is 1. The normalized spacial score (nSPS) is 11.6. The lowest BCUT2D eigenvalue weighted by molar-refractivity contribution is 0.0696. The molecule has 0 amide bonds. The third kappa shape index (κ3) is 3.29. The molecular weight excluding hydrogens is 282 g/mol. The molecule has 0 aliphatic rings. The Balaban J connectivity index is 3.41. The molecule has 0 radical (unpaired) electrons. The van der Waals surface area contributed by atoms with Crippen LogP contribution in [0.4, 0.5) is 0 Å². The van der Waals surface area contributed by atoms with E-state index in [0.29, 0.717) is 19.5 Å². The molecule has 1 aromatic carbocycles. The molecule has 112 valence electrons. The summed E-state index contributed by atoms with van der Waals surface area (Å²) in [5.41, 5.74) is -0.0862. The second kappa shape index (κ2) is 6.71. The molecule has 0 unspecified atom stereocenters. The molecule has 1 N–H and O–H groups in total. The molecule has 0 bridgehead atoms. The molecule has 0 atom stereocenters.